The molecular weight excluding hydrogens is 677 g/mol. The highest BCUT2D eigenvalue weighted by molar-refractivity contribution is 6.24. The molecule has 1 heterocycles. The Morgan fingerprint density at radius 2 is 0.911 bits per heavy atom. The van der Waals surface area contributed by atoms with E-state index in [4.69, 9.17) is 0 Å². The molecule has 0 radical (unpaired) electrons. The zero-order valence-corrected chi connectivity index (χ0v) is 30.7. The van der Waals surface area contributed by atoms with Crippen molar-refractivity contribution in [3.05, 3.63) is 218 Å². The van der Waals surface area contributed by atoms with Gasteiger partial charge in [0.25, 0.3) is 0 Å². The molecule has 0 fully saturated rings. The summed E-state index contributed by atoms with van der Waals surface area (Å²) >= 11 is 0. The summed E-state index contributed by atoms with van der Waals surface area (Å²) in [6, 6.07) is 79.6. The first kappa shape index (κ1) is 32.0. The van der Waals surface area contributed by atoms with Crippen LogP contribution in [0, 0.1) is 0 Å². The van der Waals surface area contributed by atoms with Gasteiger partial charge in [0.2, 0.25) is 0 Å². The van der Waals surface area contributed by atoms with Crippen molar-refractivity contribution in [3.63, 3.8) is 0 Å². The second-order valence-electron chi connectivity index (χ2n) is 14.6. The van der Waals surface area contributed by atoms with Crippen LogP contribution in [0.4, 0.5) is 17.1 Å². The molecule has 11 aromatic rings. The Morgan fingerprint density at radius 1 is 0.321 bits per heavy atom. The topological polar surface area (TPSA) is 8.17 Å². The van der Waals surface area contributed by atoms with Crippen molar-refractivity contribution < 1.29 is 0 Å². The maximum atomic E-state index is 2.44. The number of aromatic nitrogens is 1. The second kappa shape index (κ2) is 13.2. The Bertz CT molecular complexity index is 3250. The average Bonchev–Trinajstić information content (AvgIpc) is 3.62. The summed E-state index contributed by atoms with van der Waals surface area (Å²) < 4.78 is 2.44. The number of nitrogens with zero attached hydrogens (tertiary/aromatic N) is 2. The van der Waals surface area contributed by atoms with Gasteiger partial charge in [0, 0.05) is 38.9 Å². The van der Waals surface area contributed by atoms with E-state index in [-0.39, 0.29) is 0 Å². The van der Waals surface area contributed by atoms with Crippen molar-refractivity contribution in [2.45, 2.75) is 0 Å². The van der Waals surface area contributed by atoms with E-state index in [9.17, 15) is 0 Å². The van der Waals surface area contributed by atoms with Crippen LogP contribution in [0.15, 0.2) is 218 Å². The quantitative estimate of drug-likeness (QED) is 0.167. The molecule has 0 saturated heterocycles. The second-order valence-corrected chi connectivity index (χ2v) is 14.6. The highest BCUT2D eigenvalue weighted by Crippen LogP contribution is 2.45. The monoisotopic (exact) mass is 712 g/mol. The molecule has 0 bridgehead atoms. The van der Waals surface area contributed by atoms with Crippen LogP contribution in [0.5, 0.6) is 0 Å². The molecule has 0 amide bonds. The van der Waals surface area contributed by atoms with E-state index in [1.165, 1.54) is 76.4 Å². The van der Waals surface area contributed by atoms with E-state index in [1.54, 1.807) is 0 Å². The number of hydrogen-bond acceptors (Lipinski definition) is 1. The molecule has 0 spiro atoms. The van der Waals surface area contributed by atoms with Crippen LogP contribution in [-0.4, -0.2) is 4.57 Å². The fourth-order valence-electron chi connectivity index (χ4n) is 8.65. The summed E-state index contributed by atoms with van der Waals surface area (Å²) in [7, 11) is 0. The molecule has 0 saturated carbocycles. The molecule has 262 valence electrons. The third-order valence-electron chi connectivity index (χ3n) is 11.3. The largest absolute Gasteiger partial charge is 0.310 e. The van der Waals surface area contributed by atoms with Gasteiger partial charge in [0.15, 0.2) is 0 Å². The molecule has 2 nitrogen and oxygen atoms in total. The van der Waals surface area contributed by atoms with Crippen LogP contribution in [0.2, 0.25) is 0 Å². The summed E-state index contributed by atoms with van der Waals surface area (Å²) in [5, 5.41) is 9.91. The summed E-state index contributed by atoms with van der Waals surface area (Å²) in [5.41, 5.74) is 11.7. The molecule has 0 unspecified atom stereocenters. The van der Waals surface area contributed by atoms with Crippen molar-refractivity contribution in [2.24, 2.45) is 0 Å². The fraction of sp³-hybridized carbons (Fsp3) is 0. The molecule has 2 heteroatoms. The summed E-state index contributed by atoms with van der Waals surface area (Å²) in [5.74, 6) is 0. The van der Waals surface area contributed by atoms with Crippen LogP contribution in [0.25, 0.3) is 82.1 Å². The molecule has 10 aromatic carbocycles. The van der Waals surface area contributed by atoms with Crippen LogP contribution in [-0.2, 0) is 0 Å². The van der Waals surface area contributed by atoms with Gasteiger partial charge in [-0.3, -0.25) is 0 Å². The summed E-state index contributed by atoms with van der Waals surface area (Å²) in [6.07, 6.45) is 0. The van der Waals surface area contributed by atoms with E-state index >= 15 is 0 Å². The van der Waals surface area contributed by atoms with Crippen molar-refractivity contribution in [2.75, 3.05) is 4.90 Å². The van der Waals surface area contributed by atoms with Gasteiger partial charge in [-0.05, 0) is 116 Å². The Kier molecular flexibility index (Phi) is 7.53. The maximum Gasteiger partial charge on any atom is 0.0625 e. The Labute approximate surface area is 325 Å². The van der Waals surface area contributed by atoms with E-state index in [0.717, 1.165) is 22.7 Å². The third-order valence-corrected chi connectivity index (χ3v) is 11.3. The molecule has 0 atom stereocenters. The Balaban J connectivity index is 1.11. The first-order valence-electron chi connectivity index (χ1n) is 19.3. The van der Waals surface area contributed by atoms with Crippen molar-refractivity contribution in [1.82, 2.24) is 4.57 Å². The van der Waals surface area contributed by atoms with Crippen LogP contribution in [0.1, 0.15) is 0 Å². The van der Waals surface area contributed by atoms with Crippen molar-refractivity contribution in [1.29, 1.82) is 0 Å². The number of fused-ring (bicyclic) bond motifs is 7. The van der Waals surface area contributed by atoms with Gasteiger partial charge in [-0.1, -0.05) is 152 Å². The van der Waals surface area contributed by atoms with Gasteiger partial charge in [-0.2, -0.15) is 0 Å². The van der Waals surface area contributed by atoms with Gasteiger partial charge < -0.3 is 9.47 Å². The predicted molar refractivity (Wildman–Crippen MR) is 239 cm³/mol. The standard InChI is InChI=1S/C54H36N2/c1-2-19-45(20-3-1)56-52-24-11-10-23-50(52)53-51(36-44-17-8-9-22-49(44)54(53)56)43-18-12-21-47(35-43)55(48-32-29-38-14-5-7-16-41(38)34-48)46-30-27-39(28-31-46)42-26-25-37-13-4-6-15-40(37)33-42/h1-36H. The first-order chi connectivity index (χ1) is 27.8. The van der Waals surface area contributed by atoms with Gasteiger partial charge in [-0.25, -0.2) is 0 Å². The average molecular weight is 713 g/mol. The summed E-state index contributed by atoms with van der Waals surface area (Å²) in [4.78, 5) is 2.39. The highest BCUT2D eigenvalue weighted by atomic mass is 15.1. The third kappa shape index (κ3) is 5.34. The minimum Gasteiger partial charge on any atom is -0.310 e. The number of para-hydroxylation sites is 2. The van der Waals surface area contributed by atoms with E-state index in [2.05, 4.69) is 228 Å². The smallest absolute Gasteiger partial charge is 0.0625 e. The SMILES string of the molecule is c1ccc(-n2c3ccccc3c3c(-c4cccc(N(c5ccc(-c6ccc7ccccc7c6)cc5)c5ccc6ccccc6c5)c4)cc4ccccc4c32)cc1. The van der Waals surface area contributed by atoms with E-state index in [1.807, 2.05) is 0 Å². The summed E-state index contributed by atoms with van der Waals surface area (Å²) in [6.45, 7) is 0. The van der Waals surface area contributed by atoms with Gasteiger partial charge in [0.1, 0.15) is 0 Å². The number of hydrogen-bond donors (Lipinski definition) is 0. The molecule has 56 heavy (non-hydrogen) atoms. The first-order valence-corrected chi connectivity index (χ1v) is 19.3. The molecule has 0 aliphatic heterocycles. The lowest BCUT2D eigenvalue weighted by Gasteiger charge is -2.27. The van der Waals surface area contributed by atoms with Gasteiger partial charge >= 0.3 is 0 Å². The Morgan fingerprint density at radius 3 is 1.70 bits per heavy atom. The van der Waals surface area contributed by atoms with Crippen LogP contribution >= 0.6 is 0 Å². The van der Waals surface area contributed by atoms with Crippen molar-refractivity contribution >= 4 is 71.2 Å². The number of benzene rings is 10. The van der Waals surface area contributed by atoms with Gasteiger partial charge in [0.05, 0.1) is 11.0 Å². The molecule has 1 aromatic heterocycles. The molecular formula is C54H36N2. The number of anilines is 3. The van der Waals surface area contributed by atoms with Crippen LogP contribution < -0.4 is 4.90 Å². The normalized spacial score (nSPS) is 11.6. The van der Waals surface area contributed by atoms with E-state index in [0.29, 0.717) is 0 Å². The molecule has 0 aliphatic carbocycles. The van der Waals surface area contributed by atoms with Crippen LogP contribution in [0.3, 0.4) is 0 Å². The predicted octanol–water partition coefficient (Wildman–Crippen LogP) is 15.0. The lowest BCUT2D eigenvalue weighted by atomic mass is 9.94. The lowest BCUT2D eigenvalue weighted by molar-refractivity contribution is 1.19. The zero-order chi connectivity index (χ0) is 37.0. The lowest BCUT2D eigenvalue weighted by Crippen LogP contribution is -2.10. The molecule has 0 aliphatic rings. The van der Waals surface area contributed by atoms with E-state index < -0.39 is 0 Å². The zero-order valence-electron chi connectivity index (χ0n) is 30.7. The Hall–Kier alpha value is -7.42. The van der Waals surface area contributed by atoms with Crippen molar-refractivity contribution in [3.8, 4) is 27.9 Å². The maximum absolute atomic E-state index is 2.44. The van der Waals surface area contributed by atoms with Gasteiger partial charge in [-0.15, -0.1) is 0 Å². The highest BCUT2D eigenvalue weighted by Gasteiger charge is 2.21. The number of rotatable bonds is 6. The molecule has 11 rings (SSSR count). The minimum absolute atomic E-state index is 1.10. The fourth-order valence-corrected chi connectivity index (χ4v) is 8.65. The molecule has 0 N–H and O–H groups in total. The minimum atomic E-state index is 1.10.